The lowest BCUT2D eigenvalue weighted by Crippen LogP contribution is -2.65. The van der Waals surface area contributed by atoms with Crippen LogP contribution in [0.3, 0.4) is 0 Å². The number of halogens is 6. The first kappa shape index (κ1) is 25.8. The Kier molecular flexibility index (Phi) is 6.43. The quantitative estimate of drug-likeness (QED) is 0.551. The van der Waals surface area contributed by atoms with Crippen molar-refractivity contribution in [3.63, 3.8) is 0 Å². The number of hydrogen-bond donors (Lipinski definition) is 0. The topological polar surface area (TPSA) is 81.2 Å². The third kappa shape index (κ3) is 5.17. The van der Waals surface area contributed by atoms with Crippen LogP contribution >= 0.6 is 0 Å². The van der Waals surface area contributed by atoms with Crippen LogP contribution in [0.2, 0.25) is 0 Å². The van der Waals surface area contributed by atoms with Crippen LogP contribution in [0, 0.1) is 0 Å². The summed E-state index contributed by atoms with van der Waals surface area (Å²) in [5, 5.41) is 0. The Morgan fingerprint density at radius 2 is 0.914 bits per heavy atom. The molecule has 0 saturated carbocycles. The highest BCUT2D eigenvalue weighted by Crippen LogP contribution is 2.33. The number of rotatable bonds is 4. The second-order valence-electron chi connectivity index (χ2n) is 8.01. The van der Waals surface area contributed by atoms with Gasteiger partial charge in [-0.1, -0.05) is 12.1 Å². The fourth-order valence-corrected chi connectivity index (χ4v) is 6.71. The molecule has 2 saturated heterocycles. The maximum Gasteiger partial charge on any atom is 0.416 e. The molecular formula is C19H18F6N4O4S2. The number of fused-ring (bicyclic) bond motifs is 2. The van der Waals surface area contributed by atoms with Gasteiger partial charge in [0.15, 0.2) is 0 Å². The molecular weight excluding hydrogens is 526 g/mol. The minimum Gasteiger partial charge on any atom is -0.262 e. The van der Waals surface area contributed by atoms with Gasteiger partial charge in [-0.25, -0.2) is 16.8 Å². The van der Waals surface area contributed by atoms with Crippen LogP contribution in [-0.4, -0.2) is 68.6 Å². The summed E-state index contributed by atoms with van der Waals surface area (Å²) in [6, 6.07) is 6.55. The molecule has 0 amide bonds. The summed E-state index contributed by atoms with van der Waals surface area (Å²) in [5.41, 5.74) is -2.26. The third-order valence-corrected chi connectivity index (χ3v) is 8.95. The number of hydrogen-bond acceptors (Lipinski definition) is 6. The van der Waals surface area contributed by atoms with Crippen LogP contribution in [0.25, 0.3) is 0 Å². The number of benzene rings is 2. The van der Waals surface area contributed by atoms with Gasteiger partial charge in [0.05, 0.1) is 54.3 Å². The monoisotopic (exact) mass is 544 g/mol. The van der Waals surface area contributed by atoms with Crippen molar-refractivity contribution < 1.29 is 43.2 Å². The molecule has 0 aromatic heterocycles. The van der Waals surface area contributed by atoms with Crippen molar-refractivity contribution >= 4 is 20.0 Å². The van der Waals surface area contributed by atoms with E-state index in [0.717, 1.165) is 45.0 Å². The number of nitrogens with zero attached hydrogens (tertiary/aromatic N) is 4. The van der Waals surface area contributed by atoms with Crippen molar-refractivity contribution in [2.24, 2.45) is 0 Å². The van der Waals surface area contributed by atoms with Gasteiger partial charge >= 0.3 is 12.4 Å². The van der Waals surface area contributed by atoms with Gasteiger partial charge < -0.3 is 0 Å². The molecule has 0 aliphatic carbocycles. The summed E-state index contributed by atoms with van der Waals surface area (Å²) >= 11 is 0. The highest BCUT2D eigenvalue weighted by molar-refractivity contribution is 7.89. The molecule has 2 aromatic rings. The molecule has 2 aromatic carbocycles. The van der Waals surface area contributed by atoms with E-state index in [0.29, 0.717) is 12.1 Å². The van der Waals surface area contributed by atoms with Crippen molar-refractivity contribution in [1.29, 1.82) is 0 Å². The summed E-state index contributed by atoms with van der Waals surface area (Å²) < 4.78 is 132. The normalized spacial score (nSPS) is 22.8. The van der Waals surface area contributed by atoms with E-state index in [1.807, 2.05) is 0 Å². The molecule has 35 heavy (non-hydrogen) atoms. The SMILES string of the molecule is O=S(=O)(c1cccc(C(F)(F)F)c1)N1CN2CN(C1)CN(S(=O)(=O)c1cccc(C(F)(F)F)c1)C2. The van der Waals surface area contributed by atoms with Gasteiger partial charge in [0, 0.05) is 0 Å². The van der Waals surface area contributed by atoms with E-state index in [1.165, 1.54) is 9.80 Å². The molecule has 4 rings (SSSR count). The van der Waals surface area contributed by atoms with Gasteiger partial charge in [0.25, 0.3) is 0 Å². The largest absolute Gasteiger partial charge is 0.416 e. The van der Waals surface area contributed by atoms with E-state index >= 15 is 0 Å². The Bertz CT molecular complexity index is 1220. The van der Waals surface area contributed by atoms with Gasteiger partial charge in [0.1, 0.15) is 0 Å². The van der Waals surface area contributed by atoms with Gasteiger partial charge in [-0.05, 0) is 36.4 Å². The smallest absolute Gasteiger partial charge is 0.262 e. The van der Waals surface area contributed by atoms with E-state index < -0.39 is 53.3 Å². The van der Waals surface area contributed by atoms with Crippen LogP contribution in [0.5, 0.6) is 0 Å². The maximum absolute atomic E-state index is 13.0. The van der Waals surface area contributed by atoms with Crippen LogP contribution in [-0.2, 0) is 32.4 Å². The zero-order chi connectivity index (χ0) is 25.8. The summed E-state index contributed by atoms with van der Waals surface area (Å²) in [5.74, 6) is 0. The van der Waals surface area contributed by atoms with Crippen LogP contribution in [0.1, 0.15) is 11.1 Å². The second-order valence-corrected chi connectivity index (χ2v) is 11.9. The van der Waals surface area contributed by atoms with Gasteiger partial charge in [-0.2, -0.15) is 35.0 Å². The maximum atomic E-state index is 13.0. The van der Waals surface area contributed by atoms with Crippen molar-refractivity contribution in [2.45, 2.75) is 22.1 Å². The Labute approximate surface area is 197 Å². The van der Waals surface area contributed by atoms with Crippen molar-refractivity contribution in [1.82, 2.24) is 18.4 Å². The van der Waals surface area contributed by atoms with E-state index in [-0.39, 0.29) is 33.3 Å². The molecule has 2 fully saturated rings. The molecule has 0 atom stereocenters. The van der Waals surface area contributed by atoms with Crippen LogP contribution in [0.15, 0.2) is 58.3 Å². The highest BCUT2D eigenvalue weighted by atomic mass is 32.2. The van der Waals surface area contributed by atoms with Crippen molar-refractivity contribution in [2.75, 3.05) is 33.3 Å². The Morgan fingerprint density at radius 3 is 1.23 bits per heavy atom. The molecule has 2 bridgehead atoms. The fourth-order valence-electron chi connectivity index (χ4n) is 3.80. The molecule has 8 nitrogen and oxygen atoms in total. The zero-order valence-electron chi connectivity index (χ0n) is 17.7. The highest BCUT2D eigenvalue weighted by Gasteiger charge is 2.41. The molecule has 2 heterocycles. The Morgan fingerprint density at radius 1 is 0.571 bits per heavy atom. The average Bonchev–Trinajstić information content (AvgIpc) is 2.77. The minimum absolute atomic E-state index is 0.156. The fraction of sp³-hybridized carbons (Fsp3) is 0.368. The summed E-state index contributed by atoms with van der Waals surface area (Å²) in [4.78, 5) is 1.65. The first-order valence-electron chi connectivity index (χ1n) is 9.88. The summed E-state index contributed by atoms with van der Waals surface area (Å²) in [6.45, 7) is -1.16. The molecule has 16 heteroatoms. The Hall–Kier alpha value is -2.24. The molecule has 2 aliphatic rings. The Balaban J connectivity index is 1.55. The lowest BCUT2D eigenvalue weighted by molar-refractivity contribution is -0.138. The molecule has 192 valence electrons. The first-order valence-corrected chi connectivity index (χ1v) is 12.8. The predicted molar refractivity (Wildman–Crippen MR) is 109 cm³/mol. The lowest BCUT2D eigenvalue weighted by atomic mass is 10.2. The number of sulfonamides is 2. The van der Waals surface area contributed by atoms with Gasteiger partial charge in [0.2, 0.25) is 20.0 Å². The first-order chi connectivity index (χ1) is 16.1. The summed E-state index contributed by atoms with van der Waals surface area (Å²) in [6.07, 6.45) is -9.48. The molecule has 0 unspecified atom stereocenters. The molecule has 2 aliphatic heterocycles. The van der Waals surface area contributed by atoms with E-state index in [9.17, 15) is 43.2 Å². The minimum atomic E-state index is -4.74. The summed E-state index contributed by atoms with van der Waals surface area (Å²) in [7, 11) is -8.71. The van der Waals surface area contributed by atoms with Gasteiger partial charge in [-0.3, -0.25) is 9.80 Å². The van der Waals surface area contributed by atoms with Gasteiger partial charge in [-0.15, -0.1) is 0 Å². The van der Waals surface area contributed by atoms with E-state index in [2.05, 4.69) is 0 Å². The van der Waals surface area contributed by atoms with Crippen LogP contribution < -0.4 is 0 Å². The van der Waals surface area contributed by atoms with E-state index in [4.69, 9.17) is 0 Å². The molecule has 0 N–H and O–H groups in total. The van der Waals surface area contributed by atoms with Crippen molar-refractivity contribution in [3.05, 3.63) is 59.7 Å². The second kappa shape index (κ2) is 8.70. The zero-order valence-corrected chi connectivity index (χ0v) is 19.3. The van der Waals surface area contributed by atoms with E-state index in [1.54, 1.807) is 0 Å². The third-order valence-electron chi connectivity index (χ3n) is 5.43. The van der Waals surface area contributed by atoms with Crippen molar-refractivity contribution in [3.8, 4) is 0 Å². The molecule has 0 radical (unpaired) electrons. The molecule has 0 spiro atoms. The number of alkyl halides is 6. The van der Waals surface area contributed by atoms with Crippen LogP contribution in [0.4, 0.5) is 26.3 Å². The lowest BCUT2D eigenvalue weighted by Gasteiger charge is -2.48. The average molecular weight is 544 g/mol. The predicted octanol–water partition coefficient (Wildman–Crippen LogP) is 2.82. The standard InChI is InChI=1S/C19H18F6N4O4S2/c20-18(21,22)14-3-1-5-16(7-14)34(30,31)28-10-26-9-27(11-28)13-29(12-26)35(32,33)17-6-2-4-15(8-17)19(23,24)25/h1-8H,9-13H2.